The number of aromatic nitrogens is 3. The molecule has 130 valence electrons. The zero-order chi connectivity index (χ0) is 15.4. The summed E-state index contributed by atoms with van der Waals surface area (Å²) >= 11 is 0. The van der Waals surface area contributed by atoms with E-state index in [-0.39, 0.29) is 24.0 Å². The van der Waals surface area contributed by atoms with Crippen molar-refractivity contribution in [1.29, 1.82) is 0 Å². The van der Waals surface area contributed by atoms with Gasteiger partial charge in [0.05, 0.1) is 6.54 Å². The van der Waals surface area contributed by atoms with Crippen molar-refractivity contribution in [2.75, 3.05) is 7.05 Å². The summed E-state index contributed by atoms with van der Waals surface area (Å²) in [6.45, 7) is 4.08. The highest BCUT2D eigenvalue weighted by Gasteiger charge is 2.19. The first-order chi connectivity index (χ1) is 10.8. The monoisotopic (exact) mass is 432 g/mol. The maximum Gasteiger partial charge on any atom is 0.191 e. The maximum atomic E-state index is 4.35. The van der Waals surface area contributed by atoms with Crippen LogP contribution in [0, 0.1) is 5.92 Å². The smallest absolute Gasteiger partial charge is 0.191 e. The number of halogens is 1. The molecule has 1 saturated carbocycles. The predicted molar refractivity (Wildman–Crippen MR) is 103 cm³/mol. The van der Waals surface area contributed by atoms with Gasteiger partial charge in [-0.2, -0.15) is 0 Å². The van der Waals surface area contributed by atoms with Gasteiger partial charge in [0.1, 0.15) is 5.82 Å². The van der Waals surface area contributed by atoms with Crippen molar-refractivity contribution in [3.63, 3.8) is 0 Å². The number of guanidine groups is 1. The zero-order valence-electron chi connectivity index (χ0n) is 14.2. The van der Waals surface area contributed by atoms with Crippen LogP contribution in [0.5, 0.6) is 0 Å². The minimum Gasteiger partial charge on any atom is -0.354 e. The standard InChI is InChI=1S/C16H28N6.HI/c1-12-6-8-13(9-7-12)19-16(17-2)18-11-15-21-20-14-5-3-4-10-22(14)15;/h12-13H,3-11H2,1-2H3,(H2,17,18,19);1H. The molecule has 7 heteroatoms. The molecule has 0 aromatic carbocycles. The average Bonchev–Trinajstić information content (AvgIpc) is 2.96. The van der Waals surface area contributed by atoms with Gasteiger partial charge in [0.15, 0.2) is 11.8 Å². The van der Waals surface area contributed by atoms with Crippen molar-refractivity contribution >= 4 is 29.9 Å². The molecule has 3 rings (SSSR count). The Morgan fingerprint density at radius 3 is 2.74 bits per heavy atom. The molecule has 0 amide bonds. The van der Waals surface area contributed by atoms with Crippen LogP contribution in [0.1, 0.15) is 57.1 Å². The Morgan fingerprint density at radius 2 is 2.00 bits per heavy atom. The number of aryl methyl sites for hydroxylation is 1. The van der Waals surface area contributed by atoms with Crippen molar-refractivity contribution in [2.24, 2.45) is 10.9 Å². The van der Waals surface area contributed by atoms with Crippen LogP contribution >= 0.6 is 24.0 Å². The van der Waals surface area contributed by atoms with Crippen LogP contribution in [-0.4, -0.2) is 33.8 Å². The first-order valence-electron chi connectivity index (χ1n) is 8.64. The van der Waals surface area contributed by atoms with Gasteiger partial charge in [-0.3, -0.25) is 4.99 Å². The number of fused-ring (bicyclic) bond motifs is 1. The van der Waals surface area contributed by atoms with Gasteiger partial charge in [0.25, 0.3) is 0 Å². The molecule has 1 aromatic rings. The third-order valence-corrected chi connectivity index (χ3v) is 4.93. The maximum absolute atomic E-state index is 4.35. The van der Waals surface area contributed by atoms with Crippen LogP contribution in [0.25, 0.3) is 0 Å². The molecular formula is C16H29IN6. The summed E-state index contributed by atoms with van der Waals surface area (Å²) in [5.41, 5.74) is 0. The minimum absolute atomic E-state index is 0. The number of rotatable bonds is 3. The van der Waals surface area contributed by atoms with Crippen molar-refractivity contribution in [2.45, 2.75) is 71.0 Å². The van der Waals surface area contributed by atoms with Gasteiger partial charge in [-0.15, -0.1) is 34.2 Å². The second kappa shape index (κ2) is 8.84. The number of hydrogen-bond donors (Lipinski definition) is 2. The van der Waals surface area contributed by atoms with Gasteiger partial charge < -0.3 is 15.2 Å². The normalized spacial score (nSPS) is 24.5. The van der Waals surface area contributed by atoms with Crippen molar-refractivity contribution in [3.05, 3.63) is 11.6 Å². The van der Waals surface area contributed by atoms with Crippen molar-refractivity contribution in [1.82, 2.24) is 25.4 Å². The molecule has 1 fully saturated rings. The van der Waals surface area contributed by atoms with Crippen LogP contribution in [-0.2, 0) is 19.5 Å². The fourth-order valence-electron chi connectivity index (χ4n) is 3.45. The second-order valence-corrected chi connectivity index (χ2v) is 6.67. The highest BCUT2D eigenvalue weighted by atomic mass is 127. The summed E-state index contributed by atoms with van der Waals surface area (Å²) in [7, 11) is 1.83. The van der Waals surface area contributed by atoms with E-state index >= 15 is 0 Å². The molecule has 2 N–H and O–H groups in total. The summed E-state index contributed by atoms with van der Waals surface area (Å²) in [4.78, 5) is 4.35. The lowest BCUT2D eigenvalue weighted by Gasteiger charge is -2.28. The largest absolute Gasteiger partial charge is 0.354 e. The van der Waals surface area contributed by atoms with Gasteiger partial charge in [-0.25, -0.2) is 0 Å². The topological polar surface area (TPSA) is 67.1 Å². The summed E-state index contributed by atoms with van der Waals surface area (Å²) in [5, 5.41) is 15.6. The fourth-order valence-corrected chi connectivity index (χ4v) is 3.45. The number of hydrogen-bond acceptors (Lipinski definition) is 3. The Kier molecular flexibility index (Phi) is 7.10. The zero-order valence-corrected chi connectivity index (χ0v) is 16.5. The van der Waals surface area contributed by atoms with Gasteiger partial charge in [-0.1, -0.05) is 6.92 Å². The van der Waals surface area contributed by atoms with E-state index in [1.54, 1.807) is 0 Å². The Hall–Kier alpha value is -0.860. The minimum atomic E-state index is 0. The molecule has 0 saturated heterocycles. The van der Waals surface area contributed by atoms with Crippen LogP contribution in [0.2, 0.25) is 0 Å². The first-order valence-corrected chi connectivity index (χ1v) is 8.64. The molecule has 1 aromatic heterocycles. The third-order valence-electron chi connectivity index (χ3n) is 4.93. The number of nitrogens with zero attached hydrogens (tertiary/aromatic N) is 4. The Labute approximate surface area is 155 Å². The average molecular weight is 432 g/mol. The molecule has 2 aliphatic rings. The molecule has 0 spiro atoms. The number of nitrogens with one attached hydrogen (secondary N) is 2. The van der Waals surface area contributed by atoms with Gasteiger partial charge in [0, 0.05) is 26.1 Å². The second-order valence-electron chi connectivity index (χ2n) is 6.67. The molecule has 1 aliphatic carbocycles. The van der Waals surface area contributed by atoms with E-state index in [2.05, 4.69) is 37.3 Å². The van der Waals surface area contributed by atoms with Gasteiger partial charge in [0.2, 0.25) is 0 Å². The van der Waals surface area contributed by atoms with E-state index in [1.165, 1.54) is 38.5 Å². The lowest BCUT2D eigenvalue weighted by Crippen LogP contribution is -2.44. The Balaban J connectivity index is 0.00000192. The van der Waals surface area contributed by atoms with Crippen molar-refractivity contribution < 1.29 is 0 Å². The van der Waals surface area contributed by atoms with E-state index in [1.807, 2.05) is 7.05 Å². The lowest BCUT2D eigenvalue weighted by molar-refractivity contribution is 0.329. The molecule has 6 nitrogen and oxygen atoms in total. The van der Waals surface area contributed by atoms with Crippen LogP contribution in [0.4, 0.5) is 0 Å². The Morgan fingerprint density at radius 1 is 1.22 bits per heavy atom. The third kappa shape index (κ3) is 4.81. The first kappa shape index (κ1) is 18.5. The molecule has 0 radical (unpaired) electrons. The number of aliphatic imine (C=N–C) groups is 1. The van der Waals surface area contributed by atoms with E-state index in [0.29, 0.717) is 12.6 Å². The van der Waals surface area contributed by atoms with E-state index < -0.39 is 0 Å². The molecule has 0 atom stereocenters. The lowest BCUT2D eigenvalue weighted by atomic mass is 9.87. The van der Waals surface area contributed by atoms with Gasteiger partial charge in [-0.05, 0) is 44.4 Å². The highest BCUT2D eigenvalue weighted by molar-refractivity contribution is 14.0. The van der Waals surface area contributed by atoms with Crippen LogP contribution in [0.15, 0.2) is 4.99 Å². The molecule has 1 aliphatic heterocycles. The summed E-state index contributed by atoms with van der Waals surface area (Å²) in [6.07, 6.45) is 8.61. The van der Waals surface area contributed by atoms with Gasteiger partial charge >= 0.3 is 0 Å². The SMILES string of the molecule is CN=C(NCc1nnc2n1CCCC2)NC1CCC(C)CC1.I. The van der Waals surface area contributed by atoms with E-state index in [4.69, 9.17) is 0 Å². The summed E-state index contributed by atoms with van der Waals surface area (Å²) in [6, 6.07) is 0.551. The molecule has 0 unspecified atom stereocenters. The van der Waals surface area contributed by atoms with E-state index in [9.17, 15) is 0 Å². The Bertz CT molecular complexity index is 519. The molecule has 2 heterocycles. The van der Waals surface area contributed by atoms with Crippen LogP contribution < -0.4 is 10.6 Å². The fraction of sp³-hybridized carbons (Fsp3) is 0.812. The highest BCUT2D eigenvalue weighted by Crippen LogP contribution is 2.23. The molecular weight excluding hydrogens is 403 g/mol. The van der Waals surface area contributed by atoms with Crippen molar-refractivity contribution in [3.8, 4) is 0 Å². The quantitative estimate of drug-likeness (QED) is 0.438. The summed E-state index contributed by atoms with van der Waals surface area (Å²) in [5.74, 6) is 3.91. The summed E-state index contributed by atoms with van der Waals surface area (Å²) < 4.78 is 2.26. The predicted octanol–water partition coefficient (Wildman–Crippen LogP) is 2.48. The molecule has 0 bridgehead atoms. The molecule has 23 heavy (non-hydrogen) atoms. The van der Waals surface area contributed by atoms with Crippen LogP contribution in [0.3, 0.4) is 0 Å². The van der Waals surface area contributed by atoms with E-state index in [0.717, 1.165) is 36.5 Å².